The number of benzene rings is 1. The molecule has 1 aromatic rings. The molecular formula is C10H11FN2O3. The summed E-state index contributed by atoms with van der Waals surface area (Å²) in [4.78, 5) is 10.1. The van der Waals surface area contributed by atoms with Crippen molar-refractivity contribution >= 4 is 5.69 Å². The Hall–Kier alpha value is -1.69. The van der Waals surface area contributed by atoms with Gasteiger partial charge in [-0.25, -0.2) is 4.39 Å². The molecule has 0 spiro atoms. The number of rotatable bonds is 4. The Labute approximate surface area is 91.4 Å². The maximum absolute atomic E-state index is 12.9. The van der Waals surface area contributed by atoms with Crippen molar-refractivity contribution in [2.45, 2.75) is 0 Å². The Morgan fingerprint density at radius 3 is 2.88 bits per heavy atom. The summed E-state index contributed by atoms with van der Waals surface area (Å²) in [6, 6.07) is 3.21. The molecule has 0 atom stereocenters. The number of nitrogens with zero attached hydrogens (tertiary/aromatic N) is 1. The van der Waals surface area contributed by atoms with Crippen molar-refractivity contribution in [3.8, 4) is 5.75 Å². The van der Waals surface area contributed by atoms with Gasteiger partial charge >= 0.3 is 5.69 Å². The van der Waals surface area contributed by atoms with Crippen molar-refractivity contribution in [3.63, 3.8) is 0 Å². The molecule has 1 saturated heterocycles. The van der Waals surface area contributed by atoms with E-state index in [-0.39, 0.29) is 11.4 Å². The third-order valence-electron chi connectivity index (χ3n) is 2.46. The molecule has 1 heterocycles. The van der Waals surface area contributed by atoms with Crippen LogP contribution in [0.1, 0.15) is 0 Å². The van der Waals surface area contributed by atoms with Crippen LogP contribution in [0.5, 0.6) is 5.75 Å². The van der Waals surface area contributed by atoms with Crippen LogP contribution in [0.3, 0.4) is 0 Å². The minimum atomic E-state index is -0.576. The van der Waals surface area contributed by atoms with Gasteiger partial charge in [-0.1, -0.05) is 0 Å². The molecule has 2 rings (SSSR count). The van der Waals surface area contributed by atoms with E-state index in [1.165, 1.54) is 0 Å². The molecule has 6 heteroatoms. The summed E-state index contributed by atoms with van der Waals surface area (Å²) >= 11 is 0. The molecule has 0 unspecified atom stereocenters. The van der Waals surface area contributed by atoms with Gasteiger partial charge in [0.05, 0.1) is 11.5 Å². The van der Waals surface area contributed by atoms with Crippen molar-refractivity contribution in [1.82, 2.24) is 5.32 Å². The maximum Gasteiger partial charge on any atom is 0.311 e. The van der Waals surface area contributed by atoms with E-state index in [1.807, 2.05) is 0 Å². The molecule has 16 heavy (non-hydrogen) atoms. The number of halogens is 1. The van der Waals surface area contributed by atoms with E-state index in [1.54, 1.807) is 0 Å². The Balaban J connectivity index is 2.09. The quantitative estimate of drug-likeness (QED) is 0.621. The first-order chi connectivity index (χ1) is 7.66. The van der Waals surface area contributed by atoms with Crippen LogP contribution in [0.15, 0.2) is 18.2 Å². The van der Waals surface area contributed by atoms with Crippen molar-refractivity contribution in [2.75, 3.05) is 19.7 Å². The summed E-state index contributed by atoms with van der Waals surface area (Å²) in [6.45, 7) is 2.05. The fraction of sp³-hybridized carbons (Fsp3) is 0.400. The molecule has 1 N–H and O–H groups in total. The zero-order valence-corrected chi connectivity index (χ0v) is 8.48. The van der Waals surface area contributed by atoms with Gasteiger partial charge in [0.15, 0.2) is 5.75 Å². The standard InChI is InChI=1S/C10H11FN2O3/c11-8-1-2-9(13(14)15)10(3-8)16-6-7-4-12-5-7/h1-3,7,12H,4-6H2. The van der Waals surface area contributed by atoms with Crippen molar-refractivity contribution in [2.24, 2.45) is 5.92 Å². The van der Waals surface area contributed by atoms with Gasteiger partial charge in [-0.3, -0.25) is 10.1 Å². The Kier molecular flexibility index (Phi) is 3.00. The van der Waals surface area contributed by atoms with Crippen LogP contribution in [-0.4, -0.2) is 24.6 Å². The van der Waals surface area contributed by atoms with Crippen LogP contribution in [0, 0.1) is 21.8 Å². The summed E-state index contributed by atoms with van der Waals surface area (Å²) in [5.74, 6) is -0.188. The predicted molar refractivity (Wildman–Crippen MR) is 54.9 cm³/mol. The lowest BCUT2D eigenvalue weighted by molar-refractivity contribution is -0.386. The zero-order valence-electron chi connectivity index (χ0n) is 8.48. The van der Waals surface area contributed by atoms with Crippen molar-refractivity contribution in [3.05, 3.63) is 34.1 Å². The zero-order chi connectivity index (χ0) is 11.5. The van der Waals surface area contributed by atoms with Gasteiger partial charge in [0, 0.05) is 31.1 Å². The summed E-state index contributed by atoms with van der Waals surface area (Å²) in [6.07, 6.45) is 0. The van der Waals surface area contributed by atoms with Crippen LogP contribution in [0.2, 0.25) is 0 Å². The van der Waals surface area contributed by atoms with E-state index in [9.17, 15) is 14.5 Å². The second-order valence-electron chi connectivity index (χ2n) is 3.70. The Bertz CT molecular complexity index is 407. The lowest BCUT2D eigenvalue weighted by Crippen LogP contribution is -2.45. The summed E-state index contributed by atoms with van der Waals surface area (Å²) < 4.78 is 18.2. The number of nitro groups is 1. The third kappa shape index (κ3) is 2.27. The summed E-state index contributed by atoms with van der Waals surface area (Å²) in [5.41, 5.74) is -0.200. The Morgan fingerprint density at radius 2 is 2.31 bits per heavy atom. The second kappa shape index (κ2) is 4.44. The molecule has 0 aromatic heterocycles. The Morgan fingerprint density at radius 1 is 1.56 bits per heavy atom. The predicted octanol–water partition coefficient (Wildman–Crippen LogP) is 1.33. The highest BCUT2D eigenvalue weighted by molar-refractivity contribution is 5.46. The highest BCUT2D eigenvalue weighted by Gasteiger charge is 2.21. The molecule has 1 fully saturated rings. The highest BCUT2D eigenvalue weighted by atomic mass is 19.1. The smallest absolute Gasteiger partial charge is 0.311 e. The van der Waals surface area contributed by atoms with Crippen molar-refractivity contribution in [1.29, 1.82) is 0 Å². The van der Waals surface area contributed by atoms with Crippen LogP contribution >= 0.6 is 0 Å². The fourth-order valence-corrected chi connectivity index (χ4v) is 1.43. The average molecular weight is 226 g/mol. The average Bonchev–Trinajstić information content (AvgIpc) is 2.14. The van der Waals surface area contributed by atoms with Crippen molar-refractivity contribution < 1.29 is 14.1 Å². The molecule has 0 aliphatic carbocycles. The first-order valence-corrected chi connectivity index (χ1v) is 4.94. The molecule has 1 aliphatic rings. The maximum atomic E-state index is 12.9. The molecular weight excluding hydrogens is 215 g/mol. The van der Waals surface area contributed by atoms with Crippen LogP contribution in [0.25, 0.3) is 0 Å². The normalized spacial score (nSPS) is 15.6. The number of ether oxygens (including phenoxy) is 1. The van der Waals surface area contributed by atoms with Crippen LogP contribution < -0.4 is 10.1 Å². The van der Waals surface area contributed by atoms with Crippen LogP contribution in [0.4, 0.5) is 10.1 Å². The second-order valence-corrected chi connectivity index (χ2v) is 3.70. The summed E-state index contributed by atoms with van der Waals surface area (Å²) in [5, 5.41) is 13.7. The molecule has 1 aliphatic heterocycles. The van der Waals surface area contributed by atoms with E-state index in [0.717, 1.165) is 31.3 Å². The largest absolute Gasteiger partial charge is 0.486 e. The minimum Gasteiger partial charge on any atom is -0.486 e. The molecule has 0 radical (unpaired) electrons. The first kappa shape index (κ1) is 10.8. The fourth-order valence-electron chi connectivity index (χ4n) is 1.43. The minimum absolute atomic E-state index is 0.00287. The molecule has 0 bridgehead atoms. The van der Waals surface area contributed by atoms with E-state index in [2.05, 4.69) is 5.32 Å². The van der Waals surface area contributed by atoms with Gasteiger partial charge in [-0.05, 0) is 6.07 Å². The van der Waals surface area contributed by atoms with Gasteiger partial charge in [0.1, 0.15) is 5.82 Å². The highest BCUT2D eigenvalue weighted by Crippen LogP contribution is 2.27. The van der Waals surface area contributed by atoms with Gasteiger partial charge in [0.2, 0.25) is 0 Å². The lowest BCUT2D eigenvalue weighted by atomic mass is 10.1. The molecule has 1 aromatic carbocycles. The van der Waals surface area contributed by atoms with Gasteiger partial charge < -0.3 is 10.1 Å². The molecule has 86 valence electrons. The monoisotopic (exact) mass is 226 g/mol. The number of hydrogen-bond acceptors (Lipinski definition) is 4. The van der Waals surface area contributed by atoms with E-state index < -0.39 is 10.7 Å². The van der Waals surface area contributed by atoms with E-state index >= 15 is 0 Å². The molecule has 0 saturated carbocycles. The van der Waals surface area contributed by atoms with Gasteiger partial charge in [-0.15, -0.1) is 0 Å². The van der Waals surface area contributed by atoms with Gasteiger partial charge in [0.25, 0.3) is 0 Å². The lowest BCUT2D eigenvalue weighted by Gasteiger charge is -2.26. The van der Waals surface area contributed by atoms with Gasteiger partial charge in [-0.2, -0.15) is 0 Å². The number of hydrogen-bond donors (Lipinski definition) is 1. The number of nitro benzene ring substituents is 1. The van der Waals surface area contributed by atoms with Crippen LogP contribution in [-0.2, 0) is 0 Å². The number of nitrogens with one attached hydrogen (secondary N) is 1. The molecule has 5 nitrogen and oxygen atoms in total. The SMILES string of the molecule is O=[N+]([O-])c1ccc(F)cc1OCC1CNC1. The van der Waals surface area contributed by atoms with E-state index in [4.69, 9.17) is 4.74 Å². The first-order valence-electron chi connectivity index (χ1n) is 4.94. The molecule has 0 amide bonds. The van der Waals surface area contributed by atoms with E-state index in [0.29, 0.717) is 12.5 Å². The summed E-state index contributed by atoms with van der Waals surface area (Å²) in [7, 11) is 0. The third-order valence-corrected chi connectivity index (χ3v) is 2.46. The topological polar surface area (TPSA) is 64.4 Å².